The monoisotopic (exact) mass is 291 g/mol. The SMILES string of the molecule is COc1cc(O)cc(OC)c1[C@H](N)C(C)(C)CO.Cl. The minimum atomic E-state index is -0.530. The summed E-state index contributed by atoms with van der Waals surface area (Å²) >= 11 is 0. The van der Waals surface area contributed by atoms with Crippen LogP contribution in [0.1, 0.15) is 25.5 Å². The first-order valence-corrected chi connectivity index (χ1v) is 5.68. The molecule has 0 aliphatic carbocycles. The van der Waals surface area contributed by atoms with E-state index in [-0.39, 0.29) is 24.8 Å². The fourth-order valence-corrected chi connectivity index (χ4v) is 1.72. The van der Waals surface area contributed by atoms with Crippen molar-refractivity contribution in [3.05, 3.63) is 17.7 Å². The van der Waals surface area contributed by atoms with E-state index in [0.29, 0.717) is 17.1 Å². The maximum absolute atomic E-state index is 9.57. The van der Waals surface area contributed by atoms with Crippen molar-refractivity contribution < 1.29 is 19.7 Å². The molecule has 1 rings (SSSR count). The number of phenolic OH excluding ortho intramolecular Hbond substituents is 1. The Morgan fingerprint density at radius 2 is 1.63 bits per heavy atom. The predicted molar refractivity (Wildman–Crippen MR) is 76.3 cm³/mol. The zero-order chi connectivity index (χ0) is 13.9. The molecule has 0 radical (unpaired) electrons. The average molecular weight is 292 g/mol. The Labute approximate surface area is 119 Å². The van der Waals surface area contributed by atoms with Gasteiger partial charge in [0, 0.05) is 30.2 Å². The molecule has 0 unspecified atom stereocenters. The molecule has 1 aromatic rings. The second kappa shape index (κ2) is 6.84. The van der Waals surface area contributed by atoms with Crippen molar-refractivity contribution in [3.63, 3.8) is 0 Å². The highest BCUT2D eigenvalue weighted by molar-refractivity contribution is 5.85. The van der Waals surface area contributed by atoms with Crippen LogP contribution >= 0.6 is 12.4 Å². The third kappa shape index (κ3) is 3.65. The quantitative estimate of drug-likeness (QED) is 0.771. The van der Waals surface area contributed by atoms with Gasteiger partial charge in [0.05, 0.1) is 19.8 Å². The smallest absolute Gasteiger partial charge is 0.131 e. The molecular formula is C13H22ClNO4. The van der Waals surface area contributed by atoms with Gasteiger partial charge in [-0.25, -0.2) is 0 Å². The number of aromatic hydroxyl groups is 1. The van der Waals surface area contributed by atoms with Crippen LogP contribution in [0.25, 0.3) is 0 Å². The Morgan fingerprint density at radius 3 is 1.95 bits per heavy atom. The molecule has 0 aliphatic rings. The molecule has 1 aromatic carbocycles. The second-order valence-corrected chi connectivity index (χ2v) is 4.89. The van der Waals surface area contributed by atoms with Gasteiger partial charge in [0.1, 0.15) is 17.2 Å². The lowest BCUT2D eigenvalue weighted by molar-refractivity contribution is 0.129. The number of aliphatic hydroxyl groups excluding tert-OH is 1. The van der Waals surface area contributed by atoms with E-state index in [9.17, 15) is 10.2 Å². The summed E-state index contributed by atoms with van der Waals surface area (Å²) in [4.78, 5) is 0. The number of rotatable bonds is 5. The molecule has 0 aliphatic heterocycles. The first-order chi connectivity index (χ1) is 8.37. The van der Waals surface area contributed by atoms with Crippen molar-refractivity contribution in [2.45, 2.75) is 19.9 Å². The Hall–Kier alpha value is -1.17. The third-order valence-corrected chi connectivity index (χ3v) is 3.09. The summed E-state index contributed by atoms with van der Waals surface area (Å²) < 4.78 is 10.5. The number of ether oxygens (including phenoxy) is 2. The number of phenols is 1. The molecule has 0 bridgehead atoms. The molecule has 0 spiro atoms. The molecular weight excluding hydrogens is 270 g/mol. The van der Waals surface area contributed by atoms with Crippen LogP contribution in [-0.4, -0.2) is 31.0 Å². The topological polar surface area (TPSA) is 84.9 Å². The number of hydrogen-bond donors (Lipinski definition) is 3. The molecule has 0 saturated heterocycles. The molecule has 0 heterocycles. The van der Waals surface area contributed by atoms with Crippen LogP contribution in [0.4, 0.5) is 0 Å². The predicted octanol–water partition coefficient (Wildman–Crippen LogP) is 1.85. The fraction of sp³-hybridized carbons (Fsp3) is 0.538. The Morgan fingerprint density at radius 1 is 1.21 bits per heavy atom. The number of nitrogens with two attached hydrogens (primary N) is 1. The lowest BCUT2D eigenvalue weighted by Gasteiger charge is -2.31. The van der Waals surface area contributed by atoms with Crippen molar-refractivity contribution in [3.8, 4) is 17.2 Å². The van der Waals surface area contributed by atoms with Crippen molar-refractivity contribution in [1.82, 2.24) is 0 Å². The van der Waals surface area contributed by atoms with E-state index in [0.717, 1.165) is 0 Å². The second-order valence-electron chi connectivity index (χ2n) is 4.89. The average Bonchev–Trinajstić information content (AvgIpc) is 2.36. The highest BCUT2D eigenvalue weighted by Crippen LogP contribution is 2.43. The first-order valence-electron chi connectivity index (χ1n) is 5.68. The van der Waals surface area contributed by atoms with Gasteiger partial charge in [-0.2, -0.15) is 0 Å². The van der Waals surface area contributed by atoms with E-state index in [1.807, 2.05) is 13.8 Å². The molecule has 0 saturated carbocycles. The lowest BCUT2D eigenvalue weighted by atomic mass is 9.81. The maximum Gasteiger partial charge on any atom is 0.131 e. The van der Waals surface area contributed by atoms with Gasteiger partial charge in [-0.1, -0.05) is 13.8 Å². The molecule has 110 valence electrons. The number of methoxy groups -OCH3 is 2. The fourth-order valence-electron chi connectivity index (χ4n) is 1.72. The summed E-state index contributed by atoms with van der Waals surface area (Å²) in [6.07, 6.45) is 0. The van der Waals surface area contributed by atoms with Crippen molar-refractivity contribution >= 4 is 12.4 Å². The highest BCUT2D eigenvalue weighted by atomic mass is 35.5. The number of benzene rings is 1. The maximum atomic E-state index is 9.57. The van der Waals surface area contributed by atoms with Gasteiger partial charge in [0.2, 0.25) is 0 Å². The minimum absolute atomic E-state index is 0. The molecule has 0 aromatic heterocycles. The number of aliphatic hydroxyl groups is 1. The first kappa shape index (κ1) is 17.8. The van der Waals surface area contributed by atoms with E-state index in [2.05, 4.69) is 0 Å². The van der Waals surface area contributed by atoms with Crippen LogP contribution in [-0.2, 0) is 0 Å². The molecule has 4 N–H and O–H groups in total. The van der Waals surface area contributed by atoms with Crippen LogP contribution in [0.15, 0.2) is 12.1 Å². The van der Waals surface area contributed by atoms with Crippen LogP contribution in [0.2, 0.25) is 0 Å². The van der Waals surface area contributed by atoms with E-state index in [1.54, 1.807) is 0 Å². The Bertz CT molecular complexity index is 398. The van der Waals surface area contributed by atoms with Gasteiger partial charge in [-0.3, -0.25) is 0 Å². The zero-order valence-corrected chi connectivity index (χ0v) is 12.5. The molecule has 5 nitrogen and oxygen atoms in total. The summed E-state index contributed by atoms with van der Waals surface area (Å²) in [5.74, 6) is 0.934. The van der Waals surface area contributed by atoms with Gasteiger partial charge in [0.15, 0.2) is 0 Å². The molecule has 6 heteroatoms. The molecule has 19 heavy (non-hydrogen) atoms. The van der Waals surface area contributed by atoms with Crippen LogP contribution in [0, 0.1) is 5.41 Å². The van der Waals surface area contributed by atoms with Crippen molar-refractivity contribution in [2.24, 2.45) is 11.1 Å². The van der Waals surface area contributed by atoms with Crippen LogP contribution in [0.5, 0.6) is 17.2 Å². The van der Waals surface area contributed by atoms with Gasteiger partial charge in [0.25, 0.3) is 0 Å². The largest absolute Gasteiger partial charge is 0.508 e. The number of halogens is 1. The number of hydrogen-bond acceptors (Lipinski definition) is 5. The van der Waals surface area contributed by atoms with E-state index >= 15 is 0 Å². The normalized spacial score (nSPS) is 12.5. The third-order valence-electron chi connectivity index (χ3n) is 3.09. The molecule has 1 atom stereocenters. The van der Waals surface area contributed by atoms with E-state index in [4.69, 9.17) is 15.2 Å². The van der Waals surface area contributed by atoms with Gasteiger partial charge >= 0.3 is 0 Å². The Balaban J connectivity index is 0.00000324. The van der Waals surface area contributed by atoms with Gasteiger partial charge in [-0.05, 0) is 0 Å². The Kier molecular flexibility index (Phi) is 6.42. The van der Waals surface area contributed by atoms with E-state index in [1.165, 1.54) is 26.4 Å². The van der Waals surface area contributed by atoms with Crippen molar-refractivity contribution in [2.75, 3.05) is 20.8 Å². The summed E-state index contributed by atoms with van der Waals surface area (Å²) in [6.45, 7) is 3.63. The molecule has 0 amide bonds. The van der Waals surface area contributed by atoms with Gasteiger partial charge in [-0.15, -0.1) is 12.4 Å². The molecule has 0 fully saturated rings. The summed E-state index contributed by atoms with van der Waals surface area (Å²) in [6, 6.07) is 2.48. The van der Waals surface area contributed by atoms with Crippen LogP contribution in [0.3, 0.4) is 0 Å². The van der Waals surface area contributed by atoms with Crippen LogP contribution < -0.4 is 15.2 Å². The zero-order valence-electron chi connectivity index (χ0n) is 11.6. The van der Waals surface area contributed by atoms with E-state index < -0.39 is 11.5 Å². The standard InChI is InChI=1S/C13H21NO4.ClH/c1-13(2,7-15)12(14)11-9(17-3)5-8(16)6-10(11)18-4;/h5-6,12,15-16H,7,14H2,1-4H3;1H/t12-;/m0./s1. The summed E-state index contributed by atoms with van der Waals surface area (Å²) in [5, 5.41) is 19.0. The lowest BCUT2D eigenvalue weighted by Crippen LogP contribution is -2.33. The van der Waals surface area contributed by atoms with Gasteiger partial charge < -0.3 is 25.4 Å². The van der Waals surface area contributed by atoms with Crippen molar-refractivity contribution in [1.29, 1.82) is 0 Å². The minimum Gasteiger partial charge on any atom is -0.508 e. The highest BCUT2D eigenvalue weighted by Gasteiger charge is 2.32. The summed E-state index contributed by atoms with van der Waals surface area (Å²) in [7, 11) is 2.99. The summed E-state index contributed by atoms with van der Waals surface area (Å²) in [5.41, 5.74) is 6.29.